The molecule has 0 aromatic carbocycles. The largest absolute Gasteiger partial charge is 0.394 e. The number of hydrogen-bond donors (Lipinski definition) is 2. The molecule has 1 unspecified atom stereocenters. The average molecular weight is 305 g/mol. The number of piperazine rings is 1. The number of nitrogens with zero attached hydrogens (tertiary/aromatic N) is 2. The highest BCUT2D eigenvalue weighted by atomic mass is 32.2. The third kappa shape index (κ3) is 4.66. The summed E-state index contributed by atoms with van der Waals surface area (Å²) in [6.07, 6.45) is 4.58. The number of rotatable bonds is 7. The van der Waals surface area contributed by atoms with Crippen molar-refractivity contribution < 1.29 is 13.5 Å². The molecule has 1 aliphatic heterocycles. The van der Waals surface area contributed by atoms with Crippen LogP contribution in [0.2, 0.25) is 0 Å². The first-order valence-electron chi connectivity index (χ1n) is 7.38. The van der Waals surface area contributed by atoms with Gasteiger partial charge in [0.25, 0.3) is 0 Å². The Morgan fingerprint density at radius 3 is 2.30 bits per heavy atom. The summed E-state index contributed by atoms with van der Waals surface area (Å²) in [5.41, 5.74) is -0.213. The molecule has 0 radical (unpaired) electrons. The molecule has 0 bridgehead atoms. The van der Waals surface area contributed by atoms with Gasteiger partial charge in [-0.2, -0.15) is 4.31 Å². The lowest BCUT2D eigenvalue weighted by atomic mass is 9.98. The van der Waals surface area contributed by atoms with Crippen molar-refractivity contribution >= 4 is 10.0 Å². The molecule has 1 aliphatic carbocycles. The highest BCUT2D eigenvalue weighted by Gasteiger charge is 2.32. The molecule has 2 fully saturated rings. The molecular formula is C13H27N3O3S. The second-order valence-electron chi connectivity index (χ2n) is 6.39. The normalized spacial score (nSPS) is 25.6. The van der Waals surface area contributed by atoms with Crippen molar-refractivity contribution in [3.8, 4) is 0 Å². The lowest BCUT2D eigenvalue weighted by Crippen LogP contribution is -2.52. The summed E-state index contributed by atoms with van der Waals surface area (Å²) in [4.78, 5) is 2.28. The van der Waals surface area contributed by atoms with Crippen molar-refractivity contribution in [1.82, 2.24) is 14.5 Å². The van der Waals surface area contributed by atoms with E-state index < -0.39 is 10.0 Å². The van der Waals surface area contributed by atoms with Crippen molar-refractivity contribution in [1.29, 1.82) is 0 Å². The summed E-state index contributed by atoms with van der Waals surface area (Å²) in [6, 6.07) is 0.578. The first-order chi connectivity index (χ1) is 9.32. The van der Waals surface area contributed by atoms with E-state index in [4.69, 9.17) is 0 Å². The monoisotopic (exact) mass is 305 g/mol. The van der Waals surface area contributed by atoms with E-state index in [1.165, 1.54) is 23.4 Å². The smallest absolute Gasteiger partial charge is 0.211 e. The van der Waals surface area contributed by atoms with E-state index in [-0.39, 0.29) is 12.1 Å². The van der Waals surface area contributed by atoms with Gasteiger partial charge in [-0.1, -0.05) is 0 Å². The fraction of sp³-hybridized carbons (Fsp3) is 1.00. The molecule has 1 heterocycles. The van der Waals surface area contributed by atoms with E-state index in [9.17, 15) is 13.5 Å². The quantitative estimate of drug-likeness (QED) is 0.661. The van der Waals surface area contributed by atoms with Gasteiger partial charge in [0.15, 0.2) is 0 Å². The summed E-state index contributed by atoms with van der Waals surface area (Å²) in [7, 11) is -3.05. The standard InChI is InChI=1S/C13H27N3O3S/c1-13(11-17,14-12-3-4-12)5-6-15-7-9-16(10-8-15)20(2,18)19/h12,14,17H,3-11H2,1-2H3. The molecule has 6 nitrogen and oxygen atoms in total. The van der Waals surface area contributed by atoms with Gasteiger partial charge in [-0.15, -0.1) is 0 Å². The molecular weight excluding hydrogens is 278 g/mol. The minimum Gasteiger partial charge on any atom is -0.394 e. The van der Waals surface area contributed by atoms with Crippen molar-refractivity contribution in [3.05, 3.63) is 0 Å². The van der Waals surface area contributed by atoms with Crippen LogP contribution in [0.3, 0.4) is 0 Å². The van der Waals surface area contributed by atoms with E-state index in [1.807, 2.05) is 0 Å². The van der Waals surface area contributed by atoms with Crippen molar-refractivity contribution in [2.24, 2.45) is 0 Å². The van der Waals surface area contributed by atoms with Gasteiger partial charge in [0.2, 0.25) is 10.0 Å². The fourth-order valence-corrected chi connectivity index (χ4v) is 3.43. The molecule has 0 aromatic rings. The average Bonchev–Trinajstić information content (AvgIpc) is 3.20. The zero-order valence-electron chi connectivity index (χ0n) is 12.5. The topological polar surface area (TPSA) is 72.9 Å². The minimum atomic E-state index is -3.05. The summed E-state index contributed by atoms with van der Waals surface area (Å²) in [6.45, 7) is 5.81. The van der Waals surface area contributed by atoms with E-state index in [2.05, 4.69) is 17.1 Å². The first kappa shape index (κ1) is 16.2. The first-order valence-corrected chi connectivity index (χ1v) is 9.23. The molecule has 1 saturated carbocycles. The Balaban J connectivity index is 1.74. The van der Waals surface area contributed by atoms with Gasteiger partial charge in [-0.05, 0) is 26.2 Å². The van der Waals surface area contributed by atoms with Crippen LogP contribution in [-0.2, 0) is 10.0 Å². The lowest BCUT2D eigenvalue weighted by molar-refractivity contribution is 0.128. The van der Waals surface area contributed by atoms with Gasteiger partial charge in [0.05, 0.1) is 12.9 Å². The van der Waals surface area contributed by atoms with Gasteiger partial charge in [-0.3, -0.25) is 0 Å². The molecule has 118 valence electrons. The van der Waals surface area contributed by atoms with E-state index in [1.54, 1.807) is 0 Å². The number of sulfonamides is 1. The summed E-state index contributed by atoms with van der Waals surface area (Å²) in [5.74, 6) is 0. The number of aliphatic hydroxyl groups is 1. The Labute approximate surface area is 122 Å². The molecule has 7 heteroatoms. The Morgan fingerprint density at radius 2 is 1.85 bits per heavy atom. The maximum Gasteiger partial charge on any atom is 0.211 e. The van der Waals surface area contributed by atoms with Crippen LogP contribution < -0.4 is 5.32 Å². The Morgan fingerprint density at radius 1 is 1.25 bits per heavy atom. The maximum atomic E-state index is 11.4. The highest BCUT2D eigenvalue weighted by Crippen LogP contribution is 2.24. The van der Waals surface area contributed by atoms with Crippen LogP contribution in [0.4, 0.5) is 0 Å². The van der Waals surface area contributed by atoms with Crippen molar-refractivity contribution in [3.63, 3.8) is 0 Å². The van der Waals surface area contributed by atoms with Crippen LogP contribution in [-0.4, -0.2) is 79.9 Å². The van der Waals surface area contributed by atoms with Crippen LogP contribution in [0.5, 0.6) is 0 Å². The Bertz CT molecular complexity index is 417. The van der Waals surface area contributed by atoms with E-state index in [0.717, 1.165) is 26.1 Å². The van der Waals surface area contributed by atoms with Crippen LogP contribution >= 0.6 is 0 Å². The molecule has 2 N–H and O–H groups in total. The van der Waals surface area contributed by atoms with Gasteiger partial charge in [0.1, 0.15) is 0 Å². The van der Waals surface area contributed by atoms with Crippen LogP contribution in [0.1, 0.15) is 26.2 Å². The molecule has 0 aromatic heterocycles. The summed E-state index contributed by atoms with van der Waals surface area (Å²) >= 11 is 0. The van der Waals surface area contributed by atoms with Crippen molar-refractivity contribution in [2.45, 2.75) is 37.8 Å². The van der Waals surface area contributed by atoms with Gasteiger partial charge in [-0.25, -0.2) is 8.42 Å². The second-order valence-corrected chi connectivity index (χ2v) is 8.37. The van der Waals surface area contributed by atoms with Crippen LogP contribution in [0, 0.1) is 0 Å². The molecule has 20 heavy (non-hydrogen) atoms. The van der Waals surface area contributed by atoms with E-state index in [0.29, 0.717) is 19.1 Å². The third-order valence-corrected chi connectivity index (χ3v) is 5.56. The number of aliphatic hydroxyl groups excluding tert-OH is 1. The van der Waals surface area contributed by atoms with Gasteiger partial charge >= 0.3 is 0 Å². The second kappa shape index (κ2) is 6.27. The molecule has 2 rings (SSSR count). The fourth-order valence-electron chi connectivity index (χ4n) is 2.61. The zero-order valence-corrected chi connectivity index (χ0v) is 13.3. The Kier molecular flexibility index (Phi) is 5.07. The predicted octanol–water partition coefficient (Wildman–Crippen LogP) is -0.543. The molecule has 1 atom stereocenters. The maximum absolute atomic E-state index is 11.4. The van der Waals surface area contributed by atoms with E-state index >= 15 is 0 Å². The number of hydrogen-bond acceptors (Lipinski definition) is 5. The highest BCUT2D eigenvalue weighted by molar-refractivity contribution is 7.88. The molecule has 2 aliphatic rings. The SMILES string of the molecule is CC(CO)(CCN1CCN(S(C)(=O)=O)CC1)NC1CC1. The molecule has 0 amide bonds. The minimum absolute atomic E-state index is 0.146. The number of nitrogens with one attached hydrogen (secondary N) is 1. The lowest BCUT2D eigenvalue weighted by Gasteiger charge is -2.36. The zero-order chi connectivity index (χ0) is 14.8. The third-order valence-electron chi connectivity index (χ3n) is 4.26. The van der Waals surface area contributed by atoms with Crippen molar-refractivity contribution in [2.75, 3.05) is 45.6 Å². The summed E-state index contributed by atoms with van der Waals surface area (Å²) in [5, 5.41) is 13.1. The Hall–Kier alpha value is -0.210. The van der Waals surface area contributed by atoms with Crippen LogP contribution in [0.25, 0.3) is 0 Å². The van der Waals surface area contributed by atoms with Crippen LogP contribution in [0.15, 0.2) is 0 Å². The van der Waals surface area contributed by atoms with Gasteiger partial charge in [0, 0.05) is 44.3 Å². The van der Waals surface area contributed by atoms with Gasteiger partial charge < -0.3 is 15.3 Å². The molecule has 1 saturated heterocycles. The molecule has 0 spiro atoms. The summed E-state index contributed by atoms with van der Waals surface area (Å²) < 4.78 is 24.4. The predicted molar refractivity (Wildman–Crippen MR) is 79.1 cm³/mol.